The molecule has 0 atom stereocenters. The Balaban J connectivity index is 2.61. The summed E-state index contributed by atoms with van der Waals surface area (Å²) in [6.07, 6.45) is 0.519. The Morgan fingerprint density at radius 3 is 2.37 bits per heavy atom. The molecule has 2 aromatic rings. The first-order valence-corrected chi connectivity index (χ1v) is 7.04. The van der Waals surface area contributed by atoms with Gasteiger partial charge in [0.1, 0.15) is 10.7 Å². The lowest BCUT2D eigenvalue weighted by Crippen LogP contribution is -1.99. The summed E-state index contributed by atoms with van der Waals surface area (Å²) in [5.74, 6) is 0.358. The summed E-state index contributed by atoms with van der Waals surface area (Å²) in [5.41, 5.74) is 0.312. The van der Waals surface area contributed by atoms with E-state index in [9.17, 15) is 13.2 Å². The maximum absolute atomic E-state index is 11.0. The van der Waals surface area contributed by atoms with Crippen LogP contribution >= 0.6 is 23.2 Å². The lowest BCUT2D eigenvalue weighted by molar-refractivity contribution is 0.110. The second-order valence-electron chi connectivity index (χ2n) is 3.56. The molecule has 0 bridgehead atoms. The first-order chi connectivity index (χ1) is 8.82. The van der Waals surface area contributed by atoms with Crippen LogP contribution in [0, 0.1) is 0 Å². The van der Waals surface area contributed by atoms with Gasteiger partial charge in [-0.25, -0.2) is 0 Å². The van der Waals surface area contributed by atoms with Crippen molar-refractivity contribution >= 4 is 39.6 Å². The van der Waals surface area contributed by atoms with E-state index in [1.807, 2.05) is 0 Å². The number of carbonyl (C=O) groups excluding carboxylic acids is 1. The molecule has 0 spiro atoms. The van der Waals surface area contributed by atoms with Crippen LogP contribution in [0.15, 0.2) is 33.6 Å². The van der Waals surface area contributed by atoms with Crippen LogP contribution < -0.4 is 0 Å². The van der Waals surface area contributed by atoms with Gasteiger partial charge >= 0.3 is 0 Å². The SMILES string of the molecule is O=Cc1ccc(-c2cc(Cl)c(S(=O)(=O)O)cc2Cl)o1. The van der Waals surface area contributed by atoms with E-state index in [0.717, 1.165) is 6.07 Å². The topological polar surface area (TPSA) is 84.6 Å². The summed E-state index contributed by atoms with van der Waals surface area (Å²) in [6.45, 7) is 0. The van der Waals surface area contributed by atoms with Gasteiger partial charge in [-0.2, -0.15) is 8.42 Å². The third-order valence-electron chi connectivity index (χ3n) is 2.31. The summed E-state index contributed by atoms with van der Waals surface area (Å²) in [7, 11) is -4.46. The third kappa shape index (κ3) is 2.82. The minimum Gasteiger partial charge on any atom is -0.453 e. The maximum Gasteiger partial charge on any atom is 0.296 e. The molecule has 0 saturated carbocycles. The fraction of sp³-hybridized carbons (Fsp3) is 0. The highest BCUT2D eigenvalue weighted by Gasteiger charge is 2.19. The highest BCUT2D eigenvalue weighted by Crippen LogP contribution is 2.35. The van der Waals surface area contributed by atoms with E-state index in [1.165, 1.54) is 18.2 Å². The van der Waals surface area contributed by atoms with Gasteiger partial charge in [0, 0.05) is 5.56 Å². The molecule has 0 radical (unpaired) electrons. The average Bonchev–Trinajstić information content (AvgIpc) is 2.78. The Hall–Kier alpha value is -1.34. The first-order valence-electron chi connectivity index (χ1n) is 4.85. The Morgan fingerprint density at radius 1 is 1.16 bits per heavy atom. The minimum absolute atomic E-state index is 0.0174. The molecule has 100 valence electrons. The summed E-state index contributed by atoms with van der Waals surface area (Å²) in [4.78, 5) is 10.0. The van der Waals surface area contributed by atoms with Gasteiger partial charge in [-0.15, -0.1) is 0 Å². The lowest BCUT2D eigenvalue weighted by Gasteiger charge is -2.06. The number of aldehydes is 1. The van der Waals surface area contributed by atoms with Gasteiger partial charge < -0.3 is 4.42 Å². The van der Waals surface area contributed by atoms with Crippen LogP contribution in [0.1, 0.15) is 10.6 Å². The van der Waals surface area contributed by atoms with Crippen LogP contribution in [-0.4, -0.2) is 19.3 Å². The molecule has 0 aliphatic heterocycles. The number of furan rings is 1. The van der Waals surface area contributed by atoms with Gasteiger partial charge in [0.05, 0.1) is 10.0 Å². The molecule has 5 nitrogen and oxygen atoms in total. The summed E-state index contributed by atoms with van der Waals surface area (Å²) >= 11 is 11.7. The molecule has 0 amide bonds. The lowest BCUT2D eigenvalue weighted by atomic mass is 10.2. The van der Waals surface area contributed by atoms with Gasteiger partial charge in [0.25, 0.3) is 10.1 Å². The van der Waals surface area contributed by atoms with Gasteiger partial charge in [-0.1, -0.05) is 23.2 Å². The molecule has 2 rings (SSSR count). The van der Waals surface area contributed by atoms with Crippen molar-refractivity contribution in [3.63, 3.8) is 0 Å². The smallest absolute Gasteiger partial charge is 0.296 e. The zero-order valence-electron chi connectivity index (χ0n) is 9.13. The highest BCUT2D eigenvalue weighted by molar-refractivity contribution is 7.86. The molecule has 1 aromatic carbocycles. The molecule has 0 aliphatic carbocycles. The van der Waals surface area contributed by atoms with E-state index in [1.54, 1.807) is 0 Å². The number of hydrogen-bond donors (Lipinski definition) is 1. The number of benzene rings is 1. The third-order valence-corrected chi connectivity index (χ3v) is 3.94. The molecule has 0 saturated heterocycles. The predicted molar refractivity (Wildman–Crippen MR) is 69.4 cm³/mol. The molecule has 19 heavy (non-hydrogen) atoms. The van der Waals surface area contributed by atoms with Crippen LogP contribution in [-0.2, 0) is 10.1 Å². The van der Waals surface area contributed by atoms with Crippen LogP contribution in [0.25, 0.3) is 11.3 Å². The average molecular weight is 321 g/mol. The molecule has 1 N–H and O–H groups in total. The van der Waals surface area contributed by atoms with Crippen LogP contribution in [0.3, 0.4) is 0 Å². The molecule has 0 aliphatic rings. The van der Waals surface area contributed by atoms with Gasteiger partial charge in [-0.05, 0) is 24.3 Å². The van der Waals surface area contributed by atoms with Crippen molar-refractivity contribution in [3.8, 4) is 11.3 Å². The second kappa shape index (κ2) is 4.97. The minimum atomic E-state index is -4.46. The van der Waals surface area contributed by atoms with E-state index < -0.39 is 15.0 Å². The van der Waals surface area contributed by atoms with Crippen molar-refractivity contribution in [2.24, 2.45) is 0 Å². The quantitative estimate of drug-likeness (QED) is 0.692. The van der Waals surface area contributed by atoms with E-state index in [0.29, 0.717) is 11.8 Å². The van der Waals surface area contributed by atoms with E-state index in [2.05, 4.69) is 0 Å². The van der Waals surface area contributed by atoms with Gasteiger partial charge in [0.15, 0.2) is 12.0 Å². The fourth-order valence-corrected chi connectivity index (χ4v) is 2.83. The van der Waals surface area contributed by atoms with Gasteiger partial charge in [0.2, 0.25) is 0 Å². The fourth-order valence-electron chi connectivity index (χ4n) is 1.48. The van der Waals surface area contributed by atoms with Crippen molar-refractivity contribution in [2.45, 2.75) is 4.90 Å². The molecular weight excluding hydrogens is 315 g/mol. The van der Waals surface area contributed by atoms with Crippen LogP contribution in [0.5, 0.6) is 0 Å². The summed E-state index contributed by atoms with van der Waals surface area (Å²) in [6, 6.07) is 5.18. The Morgan fingerprint density at radius 2 is 1.84 bits per heavy atom. The van der Waals surface area contributed by atoms with Crippen molar-refractivity contribution < 1.29 is 22.2 Å². The predicted octanol–water partition coefficient (Wildman–Crippen LogP) is 3.31. The van der Waals surface area contributed by atoms with Crippen LogP contribution in [0.4, 0.5) is 0 Å². The summed E-state index contributed by atoms with van der Waals surface area (Å²) in [5, 5.41) is -0.185. The normalized spacial score (nSPS) is 11.5. The molecule has 0 fully saturated rings. The number of halogens is 2. The van der Waals surface area contributed by atoms with E-state index in [4.69, 9.17) is 32.2 Å². The number of rotatable bonds is 3. The van der Waals surface area contributed by atoms with Crippen molar-refractivity contribution in [1.29, 1.82) is 0 Å². The van der Waals surface area contributed by atoms with Crippen molar-refractivity contribution in [2.75, 3.05) is 0 Å². The molecule has 0 unspecified atom stereocenters. The largest absolute Gasteiger partial charge is 0.453 e. The highest BCUT2D eigenvalue weighted by atomic mass is 35.5. The van der Waals surface area contributed by atoms with Crippen LogP contribution in [0.2, 0.25) is 10.0 Å². The number of carbonyl (C=O) groups is 1. The Labute approximate surface area is 118 Å². The number of hydrogen-bond acceptors (Lipinski definition) is 4. The van der Waals surface area contributed by atoms with Crippen molar-refractivity contribution in [1.82, 2.24) is 0 Å². The molecule has 1 heterocycles. The molecular formula is C11H6Cl2O5S. The first kappa shape index (κ1) is 14.1. The standard InChI is InChI=1S/C11H6Cl2O5S/c12-8-4-11(19(15,16)17)9(13)3-7(8)10-2-1-6(5-14)18-10/h1-5H,(H,15,16,17). The van der Waals surface area contributed by atoms with E-state index >= 15 is 0 Å². The second-order valence-corrected chi connectivity index (χ2v) is 5.76. The Kier molecular flexibility index (Phi) is 3.69. The maximum atomic E-state index is 11.0. The molecule has 8 heteroatoms. The van der Waals surface area contributed by atoms with Crippen molar-refractivity contribution in [3.05, 3.63) is 40.1 Å². The van der Waals surface area contributed by atoms with E-state index in [-0.39, 0.29) is 21.6 Å². The zero-order chi connectivity index (χ0) is 14.2. The Bertz CT molecular complexity index is 748. The zero-order valence-corrected chi connectivity index (χ0v) is 11.5. The monoisotopic (exact) mass is 320 g/mol. The molecule has 1 aromatic heterocycles. The summed E-state index contributed by atoms with van der Waals surface area (Å²) < 4.78 is 36.2. The van der Waals surface area contributed by atoms with Gasteiger partial charge in [-0.3, -0.25) is 9.35 Å².